The van der Waals surface area contributed by atoms with Gasteiger partial charge in [0.15, 0.2) is 23.7 Å². The number of thioether (sulfide) groups is 1. The molecule has 1 fully saturated rings. The molecule has 1 aromatic heterocycles. The number of rotatable bonds is 16. The van der Waals surface area contributed by atoms with Gasteiger partial charge in [-0.25, -0.2) is 0 Å². The SMILES string of the molecule is CC(=O)OC[C@H]1S[C@@H](Oc2n[nH]c(C(C)C)c2Cc2ccc(OCCNCC(N)=O)cc2C)[C@H](OC(C)=O)[C@@H](OC(C)=O)[C@@H]1OC(C)=O. The summed E-state index contributed by atoms with van der Waals surface area (Å²) in [5.41, 5.74) is 7.61. The van der Waals surface area contributed by atoms with Crippen molar-refractivity contribution in [3.05, 3.63) is 40.6 Å². The standard InChI is InChI=1S/C32H44N4O11S/c1-16(2)27-24(13-22-8-9-23(12-17(22)3)42-11-10-34-14-26(33)41)31(36-35-27)47-32-30(46-21(7)40)29(45-20(6)39)28(44-19(5)38)25(48-32)15-43-18(4)37/h8-9,12,16,25,28-30,32,34H,10-11,13-15H2,1-7H3,(H2,33,41)(H,35,36)/t25-,28-,29+,30-,32-/m1/s1. The number of aryl methyl sites for hydroxylation is 1. The van der Waals surface area contributed by atoms with Crippen molar-refractivity contribution in [1.29, 1.82) is 0 Å². The number of carbonyl (C=O) groups is 5. The quantitative estimate of drug-likeness (QED) is 0.131. The van der Waals surface area contributed by atoms with E-state index in [1.165, 1.54) is 27.7 Å². The van der Waals surface area contributed by atoms with Gasteiger partial charge >= 0.3 is 23.9 Å². The zero-order valence-corrected chi connectivity index (χ0v) is 29.0. The predicted molar refractivity (Wildman–Crippen MR) is 173 cm³/mol. The molecule has 2 heterocycles. The summed E-state index contributed by atoms with van der Waals surface area (Å²) in [5, 5.41) is 9.67. The van der Waals surface area contributed by atoms with Crippen molar-refractivity contribution in [3.63, 3.8) is 0 Å². The van der Waals surface area contributed by atoms with E-state index >= 15 is 0 Å². The second-order valence-corrected chi connectivity index (χ2v) is 12.9. The van der Waals surface area contributed by atoms with E-state index in [0.29, 0.717) is 25.3 Å². The van der Waals surface area contributed by atoms with Gasteiger partial charge in [0.1, 0.15) is 19.0 Å². The molecular formula is C32H44N4O11S. The average Bonchev–Trinajstić information content (AvgIpc) is 3.37. The number of nitrogens with zero attached hydrogens (tertiary/aromatic N) is 1. The number of aromatic nitrogens is 2. The van der Waals surface area contributed by atoms with Crippen LogP contribution < -0.4 is 20.5 Å². The number of carbonyl (C=O) groups excluding carboxylic acids is 5. The van der Waals surface area contributed by atoms with Gasteiger partial charge in [-0.3, -0.25) is 29.1 Å². The number of esters is 4. The monoisotopic (exact) mass is 692 g/mol. The summed E-state index contributed by atoms with van der Waals surface area (Å²) in [4.78, 5) is 59.3. The molecule has 1 aliphatic rings. The zero-order valence-electron chi connectivity index (χ0n) is 28.2. The molecule has 1 aromatic carbocycles. The van der Waals surface area contributed by atoms with Crippen LogP contribution in [0.4, 0.5) is 0 Å². The van der Waals surface area contributed by atoms with E-state index in [0.717, 1.165) is 34.1 Å². The van der Waals surface area contributed by atoms with Gasteiger partial charge in [0.2, 0.25) is 11.8 Å². The van der Waals surface area contributed by atoms with Crippen LogP contribution in [0.2, 0.25) is 0 Å². The second-order valence-electron chi connectivity index (χ2n) is 11.5. The summed E-state index contributed by atoms with van der Waals surface area (Å²) in [6.07, 6.45) is -3.22. The number of H-pyrrole nitrogens is 1. The zero-order chi connectivity index (χ0) is 35.5. The Morgan fingerprint density at radius 3 is 2.19 bits per heavy atom. The molecule has 1 aliphatic heterocycles. The predicted octanol–water partition coefficient (Wildman–Crippen LogP) is 2.06. The van der Waals surface area contributed by atoms with Crippen molar-refractivity contribution in [1.82, 2.24) is 15.5 Å². The number of benzene rings is 1. The minimum Gasteiger partial charge on any atom is -0.492 e. The molecular weight excluding hydrogens is 648 g/mol. The molecule has 16 heteroatoms. The number of aromatic amines is 1. The topological polar surface area (TPSA) is 207 Å². The minimum atomic E-state index is -1.28. The van der Waals surface area contributed by atoms with E-state index in [-0.39, 0.29) is 24.9 Å². The Labute approximate surface area is 283 Å². The van der Waals surface area contributed by atoms with Gasteiger partial charge in [-0.05, 0) is 36.1 Å². The van der Waals surface area contributed by atoms with E-state index in [1.807, 2.05) is 39.0 Å². The summed E-state index contributed by atoms with van der Waals surface area (Å²) in [5.74, 6) is -2.16. The fraction of sp³-hybridized carbons (Fsp3) is 0.562. The molecule has 3 rings (SSSR count). The van der Waals surface area contributed by atoms with Crippen molar-refractivity contribution in [2.24, 2.45) is 5.73 Å². The summed E-state index contributed by atoms with van der Waals surface area (Å²) in [6, 6.07) is 5.69. The second kappa shape index (κ2) is 17.7. The lowest BCUT2D eigenvalue weighted by atomic mass is 9.97. The Kier molecular flexibility index (Phi) is 14.1. The molecule has 2 aromatic rings. The minimum absolute atomic E-state index is 0.0304. The Morgan fingerprint density at radius 1 is 0.958 bits per heavy atom. The molecule has 0 unspecified atom stereocenters. The average molecular weight is 693 g/mol. The lowest BCUT2D eigenvalue weighted by molar-refractivity contribution is -0.190. The molecule has 48 heavy (non-hydrogen) atoms. The van der Waals surface area contributed by atoms with E-state index in [2.05, 4.69) is 15.5 Å². The van der Waals surface area contributed by atoms with Crippen LogP contribution in [0.15, 0.2) is 18.2 Å². The Morgan fingerprint density at radius 2 is 1.60 bits per heavy atom. The number of nitrogens with two attached hydrogens (primary N) is 1. The number of ether oxygens (including phenoxy) is 6. The van der Waals surface area contributed by atoms with Crippen molar-refractivity contribution in [2.45, 2.75) is 89.8 Å². The Bertz CT molecular complexity index is 1460. The first-order valence-corrected chi connectivity index (χ1v) is 16.4. The number of nitrogens with one attached hydrogen (secondary N) is 2. The Hall–Kier alpha value is -4.31. The van der Waals surface area contributed by atoms with E-state index in [4.69, 9.17) is 34.2 Å². The van der Waals surface area contributed by atoms with Crippen LogP contribution in [-0.4, -0.2) is 95.3 Å². The molecule has 15 nitrogen and oxygen atoms in total. The fourth-order valence-corrected chi connectivity index (χ4v) is 6.47. The van der Waals surface area contributed by atoms with Crippen LogP contribution in [0.5, 0.6) is 11.6 Å². The molecule has 1 saturated heterocycles. The third-order valence-corrected chi connectivity index (χ3v) is 8.53. The smallest absolute Gasteiger partial charge is 0.303 e. The number of amides is 1. The van der Waals surface area contributed by atoms with Crippen LogP contribution >= 0.6 is 11.8 Å². The maximum atomic E-state index is 12.3. The summed E-state index contributed by atoms with van der Waals surface area (Å²) in [7, 11) is 0. The van der Waals surface area contributed by atoms with Gasteiger partial charge in [-0.1, -0.05) is 19.9 Å². The fourth-order valence-electron chi connectivity index (χ4n) is 5.10. The Balaban J connectivity index is 1.94. The summed E-state index contributed by atoms with van der Waals surface area (Å²) < 4.78 is 34.3. The molecule has 0 spiro atoms. The van der Waals surface area contributed by atoms with E-state index in [1.54, 1.807) is 0 Å². The highest BCUT2D eigenvalue weighted by molar-refractivity contribution is 8.00. The van der Waals surface area contributed by atoms with E-state index < -0.39 is 58.8 Å². The first-order valence-electron chi connectivity index (χ1n) is 15.4. The largest absolute Gasteiger partial charge is 0.492 e. The van der Waals surface area contributed by atoms with Crippen LogP contribution in [-0.2, 0) is 49.3 Å². The van der Waals surface area contributed by atoms with Gasteiger partial charge in [0.05, 0.1) is 11.8 Å². The lowest BCUT2D eigenvalue weighted by Gasteiger charge is -2.43. The maximum absolute atomic E-state index is 12.3. The van der Waals surface area contributed by atoms with Crippen LogP contribution in [0.25, 0.3) is 0 Å². The van der Waals surface area contributed by atoms with Crippen molar-refractivity contribution in [3.8, 4) is 11.6 Å². The van der Waals surface area contributed by atoms with Crippen LogP contribution in [0.3, 0.4) is 0 Å². The summed E-state index contributed by atoms with van der Waals surface area (Å²) in [6.45, 7) is 11.4. The van der Waals surface area contributed by atoms with Gasteiger partial charge in [-0.2, -0.15) is 0 Å². The molecule has 0 radical (unpaired) electrons. The maximum Gasteiger partial charge on any atom is 0.303 e. The lowest BCUT2D eigenvalue weighted by Crippen LogP contribution is -2.59. The normalized spacial score (nSPS) is 20.5. The summed E-state index contributed by atoms with van der Waals surface area (Å²) >= 11 is 1.10. The highest BCUT2D eigenvalue weighted by Crippen LogP contribution is 2.40. The highest BCUT2D eigenvalue weighted by atomic mass is 32.2. The first-order chi connectivity index (χ1) is 22.7. The molecule has 0 saturated carbocycles. The third kappa shape index (κ3) is 11.1. The third-order valence-electron chi connectivity index (χ3n) is 7.14. The number of hydrogen-bond acceptors (Lipinski definition) is 14. The van der Waals surface area contributed by atoms with Crippen molar-refractivity contribution < 1.29 is 52.4 Å². The molecule has 1 amide bonds. The van der Waals surface area contributed by atoms with Gasteiger partial charge in [-0.15, -0.1) is 16.9 Å². The van der Waals surface area contributed by atoms with Gasteiger partial charge in [0, 0.05) is 51.9 Å². The number of primary amides is 1. The van der Waals surface area contributed by atoms with Crippen molar-refractivity contribution >= 4 is 41.5 Å². The molecule has 264 valence electrons. The molecule has 0 aliphatic carbocycles. The van der Waals surface area contributed by atoms with Crippen LogP contribution in [0, 0.1) is 6.92 Å². The van der Waals surface area contributed by atoms with Gasteiger partial charge in [0.25, 0.3) is 0 Å². The van der Waals surface area contributed by atoms with E-state index in [9.17, 15) is 24.0 Å². The van der Waals surface area contributed by atoms with Gasteiger partial charge < -0.3 is 39.5 Å². The first kappa shape index (κ1) is 38.1. The molecule has 4 N–H and O–H groups in total. The number of hydrogen-bond donors (Lipinski definition) is 3. The highest BCUT2D eigenvalue weighted by Gasteiger charge is 2.53. The molecule has 5 atom stereocenters. The molecule has 0 bridgehead atoms. The van der Waals surface area contributed by atoms with Crippen LogP contribution in [0.1, 0.15) is 69.8 Å². The van der Waals surface area contributed by atoms with Crippen molar-refractivity contribution in [2.75, 3.05) is 26.3 Å².